The minimum absolute atomic E-state index is 0.00169. The standard InChI is InChI=1S/C32H42N4O6S/c1-25(2)21-35(43(41,42)30-18-16-26(3)17-19-30)29(24-37)14-9-10-20-33-32(38)23-34(28-12-5-4-6-13-28)22-27-11-7-8-15-31(27)36(39)40/h4-8,11-13,15-19,25,29,37H,9-10,14,20-24H2,1-3H3,(H,33,38)/t29-/m0/s1. The zero-order chi connectivity index (χ0) is 31.4. The maximum absolute atomic E-state index is 13.5. The summed E-state index contributed by atoms with van der Waals surface area (Å²) in [6, 6.07) is 21.9. The van der Waals surface area contributed by atoms with Gasteiger partial charge in [0.05, 0.1) is 29.5 Å². The monoisotopic (exact) mass is 610 g/mol. The van der Waals surface area contributed by atoms with Gasteiger partial charge in [0.15, 0.2) is 0 Å². The lowest BCUT2D eigenvalue weighted by atomic mass is 10.1. The van der Waals surface area contributed by atoms with Crippen molar-refractivity contribution in [2.45, 2.75) is 57.5 Å². The number of sulfonamides is 1. The van der Waals surface area contributed by atoms with E-state index in [-0.39, 0.29) is 48.6 Å². The molecular formula is C32H42N4O6S. The van der Waals surface area contributed by atoms with E-state index in [1.807, 2.05) is 51.1 Å². The lowest BCUT2D eigenvalue weighted by Crippen LogP contribution is -2.44. The van der Waals surface area contributed by atoms with Crippen molar-refractivity contribution in [2.75, 3.05) is 31.1 Å². The second kappa shape index (κ2) is 16.2. The van der Waals surface area contributed by atoms with Crippen molar-refractivity contribution in [1.29, 1.82) is 0 Å². The number of aryl methyl sites for hydroxylation is 1. The molecule has 0 radical (unpaired) electrons. The number of nitro benzene ring substituents is 1. The quantitative estimate of drug-likeness (QED) is 0.126. The number of carbonyl (C=O) groups excluding carboxylic acids is 1. The number of unbranched alkanes of at least 4 members (excludes halogenated alkanes) is 1. The maximum Gasteiger partial charge on any atom is 0.274 e. The molecule has 0 bridgehead atoms. The van der Waals surface area contributed by atoms with Gasteiger partial charge in [-0.1, -0.05) is 74.4 Å². The SMILES string of the molecule is Cc1ccc(S(=O)(=O)N(CC(C)C)[C@H](CO)CCCCNC(=O)CN(Cc2ccccc2[N+](=O)[O-])c2ccccc2)cc1. The minimum Gasteiger partial charge on any atom is -0.395 e. The first-order valence-electron chi connectivity index (χ1n) is 14.5. The highest BCUT2D eigenvalue weighted by Gasteiger charge is 2.31. The number of hydrogen-bond acceptors (Lipinski definition) is 7. The fourth-order valence-electron chi connectivity index (χ4n) is 4.84. The number of aliphatic hydroxyl groups excluding tert-OH is 1. The fourth-order valence-corrected chi connectivity index (χ4v) is 6.65. The Kier molecular flexibility index (Phi) is 12.7. The van der Waals surface area contributed by atoms with Gasteiger partial charge in [-0.15, -0.1) is 0 Å². The van der Waals surface area contributed by atoms with Gasteiger partial charge in [-0.3, -0.25) is 14.9 Å². The number of amides is 1. The molecule has 1 amide bonds. The van der Waals surface area contributed by atoms with Crippen molar-refractivity contribution in [3.8, 4) is 0 Å². The number of benzene rings is 3. The number of nitrogens with zero attached hydrogens (tertiary/aromatic N) is 3. The fraction of sp³-hybridized carbons (Fsp3) is 0.406. The smallest absolute Gasteiger partial charge is 0.274 e. The molecule has 0 aromatic heterocycles. The summed E-state index contributed by atoms with van der Waals surface area (Å²) >= 11 is 0. The second-order valence-corrected chi connectivity index (χ2v) is 12.9. The molecule has 0 fully saturated rings. The number of aliphatic hydroxyl groups is 1. The molecule has 232 valence electrons. The van der Waals surface area contributed by atoms with Gasteiger partial charge in [0.1, 0.15) is 0 Å². The molecule has 0 aliphatic carbocycles. The average molecular weight is 611 g/mol. The van der Waals surface area contributed by atoms with E-state index in [1.54, 1.807) is 47.4 Å². The molecule has 10 nitrogen and oxygen atoms in total. The van der Waals surface area contributed by atoms with Crippen molar-refractivity contribution >= 4 is 27.3 Å². The first kappa shape index (κ1) is 33.7. The van der Waals surface area contributed by atoms with E-state index in [0.29, 0.717) is 31.4 Å². The molecule has 2 N–H and O–H groups in total. The van der Waals surface area contributed by atoms with Crippen LogP contribution in [-0.2, 0) is 21.4 Å². The van der Waals surface area contributed by atoms with Crippen molar-refractivity contribution < 1.29 is 23.2 Å². The van der Waals surface area contributed by atoms with Crippen LogP contribution in [0.25, 0.3) is 0 Å². The van der Waals surface area contributed by atoms with E-state index in [0.717, 1.165) is 11.3 Å². The highest BCUT2D eigenvalue weighted by molar-refractivity contribution is 7.89. The Labute approximate surface area is 254 Å². The molecule has 3 aromatic rings. The van der Waals surface area contributed by atoms with E-state index >= 15 is 0 Å². The van der Waals surface area contributed by atoms with Crippen LogP contribution < -0.4 is 10.2 Å². The van der Waals surface area contributed by atoms with E-state index in [2.05, 4.69) is 5.32 Å². The minimum atomic E-state index is -3.80. The summed E-state index contributed by atoms with van der Waals surface area (Å²) in [7, 11) is -3.80. The Bertz CT molecular complexity index is 1430. The Morgan fingerprint density at radius 3 is 2.26 bits per heavy atom. The van der Waals surface area contributed by atoms with Crippen LogP contribution in [0.4, 0.5) is 11.4 Å². The first-order valence-corrected chi connectivity index (χ1v) is 15.9. The number of nitro groups is 1. The van der Waals surface area contributed by atoms with Gasteiger partial charge in [0, 0.05) is 36.4 Å². The Balaban J connectivity index is 1.59. The molecule has 43 heavy (non-hydrogen) atoms. The van der Waals surface area contributed by atoms with Gasteiger partial charge in [0.2, 0.25) is 15.9 Å². The van der Waals surface area contributed by atoms with Crippen LogP contribution in [0.5, 0.6) is 0 Å². The van der Waals surface area contributed by atoms with Gasteiger partial charge in [0.25, 0.3) is 5.69 Å². The molecule has 0 saturated heterocycles. The molecule has 3 rings (SSSR count). The van der Waals surface area contributed by atoms with Crippen molar-refractivity contribution in [2.24, 2.45) is 5.92 Å². The van der Waals surface area contributed by atoms with Crippen LogP contribution in [0.1, 0.15) is 44.2 Å². The summed E-state index contributed by atoms with van der Waals surface area (Å²) in [5.41, 5.74) is 2.23. The molecular weight excluding hydrogens is 568 g/mol. The van der Waals surface area contributed by atoms with E-state index in [4.69, 9.17) is 0 Å². The van der Waals surface area contributed by atoms with Gasteiger partial charge < -0.3 is 15.3 Å². The highest BCUT2D eigenvalue weighted by atomic mass is 32.2. The van der Waals surface area contributed by atoms with E-state index < -0.39 is 21.0 Å². The Morgan fingerprint density at radius 1 is 0.977 bits per heavy atom. The summed E-state index contributed by atoms with van der Waals surface area (Å²) in [5.74, 6) is -0.164. The summed E-state index contributed by atoms with van der Waals surface area (Å²) in [6.45, 7) is 6.33. The van der Waals surface area contributed by atoms with Crippen molar-refractivity contribution in [3.05, 3.63) is 100 Å². The number of rotatable bonds is 17. The summed E-state index contributed by atoms with van der Waals surface area (Å²) in [5, 5.41) is 24.6. The molecule has 0 aliphatic heterocycles. The van der Waals surface area contributed by atoms with Crippen LogP contribution in [0.15, 0.2) is 83.8 Å². The van der Waals surface area contributed by atoms with Gasteiger partial charge in [-0.25, -0.2) is 8.42 Å². The highest BCUT2D eigenvalue weighted by Crippen LogP contribution is 2.24. The van der Waals surface area contributed by atoms with Crippen LogP contribution in [0.3, 0.4) is 0 Å². The third-order valence-corrected chi connectivity index (χ3v) is 9.01. The number of anilines is 1. The Morgan fingerprint density at radius 2 is 1.63 bits per heavy atom. The second-order valence-electron chi connectivity index (χ2n) is 11.0. The summed E-state index contributed by atoms with van der Waals surface area (Å²) < 4.78 is 28.4. The number of nitrogens with one attached hydrogen (secondary N) is 1. The van der Waals surface area contributed by atoms with Crippen LogP contribution in [-0.4, -0.2) is 60.9 Å². The van der Waals surface area contributed by atoms with Crippen LogP contribution in [0.2, 0.25) is 0 Å². The molecule has 0 saturated carbocycles. The largest absolute Gasteiger partial charge is 0.395 e. The number of hydrogen-bond donors (Lipinski definition) is 2. The first-order chi connectivity index (χ1) is 20.5. The average Bonchev–Trinajstić information content (AvgIpc) is 2.98. The number of para-hydroxylation sites is 2. The molecule has 0 aliphatic rings. The van der Waals surface area contributed by atoms with Crippen molar-refractivity contribution in [1.82, 2.24) is 9.62 Å². The van der Waals surface area contributed by atoms with Crippen LogP contribution in [0, 0.1) is 23.0 Å². The summed E-state index contributed by atoms with van der Waals surface area (Å²) in [4.78, 5) is 26.0. The van der Waals surface area contributed by atoms with Gasteiger partial charge >= 0.3 is 0 Å². The van der Waals surface area contributed by atoms with Gasteiger partial charge in [-0.05, 0) is 49.9 Å². The third-order valence-electron chi connectivity index (χ3n) is 7.08. The third kappa shape index (κ3) is 9.87. The van der Waals surface area contributed by atoms with E-state index in [9.17, 15) is 28.4 Å². The topological polar surface area (TPSA) is 133 Å². The van der Waals surface area contributed by atoms with Crippen LogP contribution >= 0.6 is 0 Å². The van der Waals surface area contributed by atoms with Gasteiger partial charge in [-0.2, -0.15) is 4.31 Å². The van der Waals surface area contributed by atoms with Crippen molar-refractivity contribution in [3.63, 3.8) is 0 Å². The molecule has 3 aromatic carbocycles. The molecule has 0 unspecified atom stereocenters. The molecule has 11 heteroatoms. The zero-order valence-electron chi connectivity index (χ0n) is 25.1. The normalized spacial score (nSPS) is 12.3. The van der Waals surface area contributed by atoms with E-state index in [1.165, 1.54) is 10.4 Å². The lowest BCUT2D eigenvalue weighted by Gasteiger charge is -2.31. The Hall–Kier alpha value is -3.80. The number of carbonyl (C=O) groups is 1. The predicted molar refractivity (Wildman–Crippen MR) is 168 cm³/mol. The lowest BCUT2D eigenvalue weighted by molar-refractivity contribution is -0.385. The zero-order valence-corrected chi connectivity index (χ0v) is 25.9. The molecule has 0 spiro atoms. The predicted octanol–water partition coefficient (Wildman–Crippen LogP) is 4.90. The molecule has 0 heterocycles. The summed E-state index contributed by atoms with van der Waals surface area (Å²) in [6.07, 6.45) is 1.64. The maximum atomic E-state index is 13.5. The molecule has 1 atom stereocenters.